The molecule has 7 amide bonds. The van der Waals surface area contributed by atoms with Crippen molar-refractivity contribution >= 4 is 29.8 Å². The van der Waals surface area contributed by atoms with E-state index in [-0.39, 0.29) is 66.6 Å². The van der Waals surface area contributed by atoms with Crippen molar-refractivity contribution in [3.05, 3.63) is 0 Å². The lowest BCUT2D eigenvalue weighted by Gasteiger charge is -2.72. The number of aliphatic hydroxyl groups excluding tert-OH is 2. The van der Waals surface area contributed by atoms with E-state index in [1.165, 1.54) is 0 Å². The van der Waals surface area contributed by atoms with Crippen LogP contribution in [-0.4, -0.2) is 192 Å². The number of aliphatic hydroxyl groups is 2. The van der Waals surface area contributed by atoms with Crippen molar-refractivity contribution in [2.45, 2.75) is 103 Å². The van der Waals surface area contributed by atoms with Gasteiger partial charge in [-0.3, -0.25) is 14.4 Å². The molecule has 0 spiro atoms. The third-order valence-corrected chi connectivity index (χ3v) is 14.6. The van der Waals surface area contributed by atoms with Crippen molar-refractivity contribution in [1.82, 2.24) is 34.3 Å². The summed E-state index contributed by atoms with van der Waals surface area (Å²) in [6, 6.07) is -0.0992. The van der Waals surface area contributed by atoms with E-state index >= 15 is 0 Å². The van der Waals surface area contributed by atoms with E-state index in [0.29, 0.717) is 71.7 Å². The Hall–Kier alpha value is -3.17. The molecule has 0 aromatic rings. The molecule has 0 radical (unpaired) electrons. The first kappa shape index (κ1) is 43.9. The van der Waals surface area contributed by atoms with Crippen LogP contribution in [0.1, 0.15) is 85.0 Å². The molecule has 5 fully saturated rings. The molecule has 0 aromatic carbocycles. The molecule has 5 rings (SSSR count). The van der Waals surface area contributed by atoms with Gasteiger partial charge in [0.25, 0.3) is 11.8 Å². The summed E-state index contributed by atoms with van der Waals surface area (Å²) in [5, 5.41) is 20.8. The normalized spacial score (nSPS) is 27.6. The second-order valence-corrected chi connectivity index (χ2v) is 17.5. The van der Waals surface area contributed by atoms with Crippen LogP contribution in [0.3, 0.4) is 0 Å². The Morgan fingerprint density at radius 2 is 1.12 bits per heavy atom. The van der Waals surface area contributed by atoms with Crippen LogP contribution in [0.5, 0.6) is 0 Å². The lowest BCUT2D eigenvalue weighted by Crippen LogP contribution is -2.78. The van der Waals surface area contributed by atoms with Gasteiger partial charge in [0.1, 0.15) is 12.2 Å². The summed E-state index contributed by atoms with van der Waals surface area (Å²) in [6.07, 6.45) is 5.83. The summed E-state index contributed by atoms with van der Waals surface area (Å²) in [6.45, 7) is 10.3. The summed E-state index contributed by atoms with van der Waals surface area (Å²) in [4.78, 5) is 80.8. The van der Waals surface area contributed by atoms with Crippen LogP contribution >= 0.6 is 0 Å². The van der Waals surface area contributed by atoms with Crippen LogP contribution in [0.2, 0.25) is 0 Å². The van der Waals surface area contributed by atoms with Gasteiger partial charge in [0.2, 0.25) is 5.91 Å². The number of rotatable bonds is 9. The summed E-state index contributed by atoms with van der Waals surface area (Å²) in [5.41, 5.74) is -1.12. The fraction of sp³-hybridized carbons (Fsp3) is 0.878. The van der Waals surface area contributed by atoms with Gasteiger partial charge in [0.15, 0.2) is 0 Å². The number of methoxy groups -OCH3 is 1. The minimum atomic E-state index is -1.20. The monoisotopic (exact) mass is 790 g/mol. The first-order chi connectivity index (χ1) is 26.6. The molecule has 2 N–H and O–H groups in total. The number of likely N-dealkylation sites (tertiary alicyclic amines) is 5. The Bertz CT molecular complexity index is 1380. The zero-order valence-corrected chi connectivity index (χ0v) is 35.3. The minimum Gasteiger partial charge on any atom is -0.395 e. The van der Waals surface area contributed by atoms with Gasteiger partial charge in [0.05, 0.1) is 12.1 Å². The molecular formula is C41H71N7O8. The number of piperidine rings is 5. The Balaban J connectivity index is 1.67. The number of ether oxygens (including phenoxy) is 1. The fourth-order valence-corrected chi connectivity index (χ4v) is 12.1. The lowest BCUT2D eigenvalue weighted by molar-refractivity contribution is -0.226. The van der Waals surface area contributed by atoms with Gasteiger partial charge in [-0.15, -0.1) is 0 Å². The topological polar surface area (TPSA) is 158 Å². The molecule has 0 aromatic heterocycles. The van der Waals surface area contributed by atoms with Gasteiger partial charge in [0, 0.05) is 106 Å². The highest BCUT2D eigenvalue weighted by Gasteiger charge is 2.69. The van der Waals surface area contributed by atoms with Gasteiger partial charge in [-0.05, 0) is 102 Å². The highest BCUT2D eigenvalue weighted by atomic mass is 16.5. The second kappa shape index (κ2) is 18.6. The van der Waals surface area contributed by atoms with Gasteiger partial charge in [-0.2, -0.15) is 0 Å². The number of carbonyl (C=O) groups is 5. The molecule has 318 valence electrons. The number of hydrogen-bond acceptors (Lipinski definition) is 8. The first-order valence-electron chi connectivity index (χ1n) is 21.3. The molecule has 5 heterocycles. The van der Waals surface area contributed by atoms with Crippen LogP contribution in [0.25, 0.3) is 0 Å². The van der Waals surface area contributed by atoms with E-state index in [2.05, 4.69) is 4.90 Å². The molecule has 0 bridgehead atoms. The Morgan fingerprint density at radius 1 is 0.679 bits per heavy atom. The average molecular weight is 790 g/mol. The van der Waals surface area contributed by atoms with Gasteiger partial charge in [-0.25, -0.2) is 9.59 Å². The Morgan fingerprint density at radius 3 is 1.55 bits per heavy atom. The standard InChI is InChI=1S/C41H71N7O8/c1-29(50)36(52)48-18-8-17-40(32-9-23-46(24-10-32)38(54)42(4)5,33-11-25-47(26-12-33)39(55)43(6)27-28-49)41(48,34-13-19-44(20-14-34)31(3)51)35-15-21-45(22-16-35)37(53)30(2)56-7/h29-30,32-35,49-50H,8-28H2,1-7H3. The van der Waals surface area contributed by atoms with Crippen molar-refractivity contribution in [2.24, 2.45) is 29.1 Å². The molecule has 56 heavy (non-hydrogen) atoms. The molecule has 15 nitrogen and oxygen atoms in total. The molecule has 0 aliphatic carbocycles. The van der Waals surface area contributed by atoms with Crippen LogP contribution in [0.15, 0.2) is 0 Å². The zero-order chi connectivity index (χ0) is 40.9. The third-order valence-electron chi connectivity index (χ3n) is 14.6. The average Bonchev–Trinajstić information content (AvgIpc) is 3.22. The lowest BCUT2D eigenvalue weighted by atomic mass is 9.41. The SMILES string of the molecule is COC(C)C(=O)N1CCC(C2(C3CCN(C(C)=O)CC3)N(C(=O)C(C)O)CCCC2(C2CCN(C(=O)N(C)C)CC2)C2CCN(C(=O)N(C)CCO)CC2)CC1. The maximum Gasteiger partial charge on any atom is 0.319 e. The van der Waals surface area contributed by atoms with Crippen LogP contribution in [-0.2, 0) is 19.1 Å². The summed E-state index contributed by atoms with van der Waals surface area (Å²) in [7, 11) is 6.84. The number of likely N-dealkylation sites (N-methyl/N-ethyl adjacent to an activating group) is 1. The van der Waals surface area contributed by atoms with Gasteiger partial charge >= 0.3 is 12.1 Å². The molecule has 0 saturated carbocycles. The molecule has 4 unspecified atom stereocenters. The maximum atomic E-state index is 14.8. The highest BCUT2D eigenvalue weighted by molar-refractivity contribution is 5.82. The van der Waals surface area contributed by atoms with Crippen LogP contribution < -0.4 is 0 Å². The molecule has 5 aliphatic heterocycles. The van der Waals surface area contributed by atoms with E-state index in [9.17, 15) is 34.2 Å². The number of carbonyl (C=O) groups excluding carboxylic acids is 5. The largest absolute Gasteiger partial charge is 0.395 e. The maximum absolute atomic E-state index is 14.8. The van der Waals surface area contributed by atoms with E-state index in [0.717, 1.165) is 51.4 Å². The molecule has 5 saturated heterocycles. The first-order valence-corrected chi connectivity index (χ1v) is 21.3. The minimum absolute atomic E-state index is 0.00364. The predicted molar refractivity (Wildman–Crippen MR) is 211 cm³/mol. The molecule has 4 atom stereocenters. The third kappa shape index (κ3) is 8.23. The van der Waals surface area contributed by atoms with Crippen molar-refractivity contribution in [3.8, 4) is 0 Å². The van der Waals surface area contributed by atoms with E-state index in [1.807, 2.05) is 19.6 Å². The van der Waals surface area contributed by atoms with Gasteiger partial charge in [-0.1, -0.05) is 0 Å². The molecule has 5 aliphatic rings. The number of nitrogens with zero attached hydrogens (tertiary/aromatic N) is 7. The van der Waals surface area contributed by atoms with E-state index in [4.69, 9.17) is 4.74 Å². The van der Waals surface area contributed by atoms with Crippen molar-refractivity contribution < 1.29 is 38.9 Å². The Labute approximate surface area is 334 Å². The van der Waals surface area contributed by atoms with E-state index < -0.39 is 23.2 Å². The fourth-order valence-electron chi connectivity index (χ4n) is 12.1. The van der Waals surface area contributed by atoms with Crippen molar-refractivity contribution in [3.63, 3.8) is 0 Å². The molecular weight excluding hydrogens is 718 g/mol. The summed E-state index contributed by atoms with van der Waals surface area (Å²) in [5.74, 6) is 0.0856. The van der Waals surface area contributed by atoms with Crippen LogP contribution in [0.4, 0.5) is 9.59 Å². The number of amides is 7. The quantitative estimate of drug-likeness (QED) is 0.361. The molecule has 15 heteroatoms. The van der Waals surface area contributed by atoms with Crippen molar-refractivity contribution in [1.29, 1.82) is 0 Å². The predicted octanol–water partition coefficient (Wildman–Crippen LogP) is 2.40. The number of hydrogen-bond donors (Lipinski definition) is 2. The Kier molecular flexibility index (Phi) is 14.6. The van der Waals surface area contributed by atoms with Crippen molar-refractivity contribution in [2.75, 3.05) is 100 Å². The summed E-state index contributed by atoms with van der Waals surface area (Å²) >= 11 is 0. The smallest absolute Gasteiger partial charge is 0.319 e. The van der Waals surface area contributed by atoms with Crippen LogP contribution in [0, 0.1) is 29.1 Å². The zero-order valence-electron chi connectivity index (χ0n) is 35.3. The number of urea groups is 2. The second-order valence-electron chi connectivity index (χ2n) is 17.5. The van der Waals surface area contributed by atoms with E-state index in [1.54, 1.807) is 58.8 Å². The highest BCUT2D eigenvalue weighted by Crippen LogP contribution is 2.66. The van der Waals surface area contributed by atoms with Gasteiger partial charge < -0.3 is 49.2 Å². The summed E-state index contributed by atoms with van der Waals surface area (Å²) < 4.78 is 5.43.